The predicted octanol–water partition coefficient (Wildman–Crippen LogP) is 1.69. The average molecular weight is 285 g/mol. The van der Waals surface area contributed by atoms with Crippen molar-refractivity contribution in [3.05, 3.63) is 48.3 Å². The van der Waals surface area contributed by atoms with Crippen molar-refractivity contribution in [2.24, 2.45) is 0 Å². The number of anilines is 1. The van der Waals surface area contributed by atoms with Crippen LogP contribution in [0, 0.1) is 6.92 Å². The van der Waals surface area contributed by atoms with E-state index in [1.54, 1.807) is 6.07 Å². The van der Waals surface area contributed by atoms with Crippen LogP contribution in [0.2, 0.25) is 0 Å². The minimum atomic E-state index is -0.0828. The summed E-state index contributed by atoms with van der Waals surface area (Å²) in [5, 5.41) is 2.86. The molecule has 1 N–H and O–H groups in total. The van der Waals surface area contributed by atoms with Gasteiger partial charge in [0.2, 0.25) is 6.54 Å². The number of nitrogens with zero attached hydrogens (tertiary/aromatic N) is 1. The standard InChI is InChI=1S/C16H16N2O3/c1-12-4-6-18(7-5-12)11-16(19)17-13-2-3-14-15(10-13)21-9-8-20-14/h2-7,10H,8-9,11H2,1H3/p+1. The Morgan fingerprint density at radius 1 is 1.14 bits per heavy atom. The molecule has 1 amide bonds. The second-order valence-corrected chi connectivity index (χ2v) is 4.95. The summed E-state index contributed by atoms with van der Waals surface area (Å²) in [5.74, 6) is 1.30. The third-order valence-corrected chi connectivity index (χ3v) is 3.21. The van der Waals surface area contributed by atoms with Crippen LogP contribution in [0.4, 0.5) is 5.69 Å². The van der Waals surface area contributed by atoms with Crippen LogP contribution in [0.25, 0.3) is 0 Å². The molecule has 5 heteroatoms. The van der Waals surface area contributed by atoms with Crippen molar-refractivity contribution >= 4 is 11.6 Å². The Balaban J connectivity index is 1.65. The Kier molecular flexibility index (Phi) is 3.73. The van der Waals surface area contributed by atoms with Crippen molar-refractivity contribution in [1.82, 2.24) is 0 Å². The second-order valence-electron chi connectivity index (χ2n) is 4.95. The van der Waals surface area contributed by atoms with Gasteiger partial charge in [0.25, 0.3) is 5.91 Å². The van der Waals surface area contributed by atoms with E-state index in [0.29, 0.717) is 30.4 Å². The van der Waals surface area contributed by atoms with E-state index in [2.05, 4.69) is 5.32 Å². The normalized spacial score (nSPS) is 12.8. The van der Waals surface area contributed by atoms with E-state index in [9.17, 15) is 4.79 Å². The predicted molar refractivity (Wildman–Crippen MR) is 77.4 cm³/mol. The highest BCUT2D eigenvalue weighted by Crippen LogP contribution is 2.32. The summed E-state index contributed by atoms with van der Waals surface area (Å²) >= 11 is 0. The number of nitrogens with one attached hydrogen (secondary N) is 1. The zero-order valence-corrected chi connectivity index (χ0v) is 11.8. The fourth-order valence-electron chi connectivity index (χ4n) is 2.12. The van der Waals surface area contributed by atoms with Crippen LogP contribution in [0.3, 0.4) is 0 Å². The van der Waals surface area contributed by atoms with E-state index in [-0.39, 0.29) is 12.5 Å². The molecule has 1 aromatic heterocycles. The van der Waals surface area contributed by atoms with E-state index >= 15 is 0 Å². The van der Waals surface area contributed by atoms with Gasteiger partial charge in [0.1, 0.15) is 13.2 Å². The van der Waals surface area contributed by atoms with Crippen LogP contribution in [0.15, 0.2) is 42.7 Å². The highest BCUT2D eigenvalue weighted by atomic mass is 16.6. The van der Waals surface area contributed by atoms with Crippen LogP contribution in [-0.4, -0.2) is 19.1 Å². The lowest BCUT2D eigenvalue weighted by molar-refractivity contribution is -0.684. The molecular weight excluding hydrogens is 268 g/mol. The first-order valence-corrected chi connectivity index (χ1v) is 6.86. The lowest BCUT2D eigenvalue weighted by atomic mass is 10.2. The molecule has 0 bridgehead atoms. The Hall–Kier alpha value is -2.56. The fourth-order valence-corrected chi connectivity index (χ4v) is 2.12. The van der Waals surface area contributed by atoms with Crippen molar-refractivity contribution in [2.45, 2.75) is 13.5 Å². The topological polar surface area (TPSA) is 51.4 Å². The number of rotatable bonds is 3. The number of carbonyl (C=O) groups excluding carboxylic acids is 1. The van der Waals surface area contributed by atoms with Gasteiger partial charge in [-0.3, -0.25) is 4.79 Å². The fraction of sp³-hybridized carbons (Fsp3) is 0.250. The number of aryl methyl sites for hydroxylation is 1. The molecule has 2 aromatic rings. The van der Waals surface area contributed by atoms with Crippen molar-refractivity contribution in [3.8, 4) is 11.5 Å². The molecule has 1 aromatic carbocycles. The van der Waals surface area contributed by atoms with Gasteiger partial charge in [-0.1, -0.05) is 0 Å². The second kappa shape index (κ2) is 5.83. The highest BCUT2D eigenvalue weighted by molar-refractivity contribution is 5.90. The number of aromatic nitrogens is 1. The van der Waals surface area contributed by atoms with E-state index < -0.39 is 0 Å². The van der Waals surface area contributed by atoms with Crippen LogP contribution < -0.4 is 19.4 Å². The minimum absolute atomic E-state index is 0.0828. The third kappa shape index (κ3) is 3.31. The molecule has 0 fully saturated rings. The maximum absolute atomic E-state index is 12.0. The summed E-state index contributed by atoms with van der Waals surface area (Å²) in [4.78, 5) is 12.0. The van der Waals surface area contributed by atoms with E-state index in [1.165, 1.54) is 5.56 Å². The van der Waals surface area contributed by atoms with Gasteiger partial charge in [-0.2, -0.15) is 4.57 Å². The van der Waals surface area contributed by atoms with E-state index in [1.807, 2.05) is 48.1 Å². The Morgan fingerprint density at radius 2 is 1.86 bits per heavy atom. The summed E-state index contributed by atoms with van der Waals surface area (Å²) in [6.45, 7) is 3.38. The summed E-state index contributed by atoms with van der Waals surface area (Å²) < 4.78 is 12.8. The molecule has 108 valence electrons. The number of pyridine rings is 1. The largest absolute Gasteiger partial charge is 0.486 e. The lowest BCUT2D eigenvalue weighted by Gasteiger charge is -2.18. The number of amides is 1. The first kappa shape index (κ1) is 13.4. The third-order valence-electron chi connectivity index (χ3n) is 3.21. The zero-order valence-electron chi connectivity index (χ0n) is 11.8. The molecular formula is C16H17N2O3+. The molecule has 1 aliphatic rings. The van der Waals surface area contributed by atoms with Crippen molar-refractivity contribution in [2.75, 3.05) is 18.5 Å². The Bertz CT molecular complexity index is 653. The summed E-state index contributed by atoms with van der Waals surface area (Å²) in [7, 11) is 0. The van der Waals surface area contributed by atoms with Crippen LogP contribution in [-0.2, 0) is 11.3 Å². The lowest BCUT2D eigenvalue weighted by Crippen LogP contribution is -2.39. The minimum Gasteiger partial charge on any atom is -0.486 e. The van der Waals surface area contributed by atoms with Gasteiger partial charge in [-0.05, 0) is 24.6 Å². The monoisotopic (exact) mass is 285 g/mol. The molecule has 2 heterocycles. The van der Waals surface area contributed by atoms with Gasteiger partial charge >= 0.3 is 0 Å². The number of benzene rings is 1. The van der Waals surface area contributed by atoms with E-state index in [4.69, 9.17) is 9.47 Å². The first-order chi connectivity index (χ1) is 10.2. The first-order valence-electron chi connectivity index (χ1n) is 6.86. The summed E-state index contributed by atoms with van der Waals surface area (Å²) in [5.41, 5.74) is 1.87. The van der Waals surface area contributed by atoms with Crippen LogP contribution >= 0.6 is 0 Å². The van der Waals surface area contributed by atoms with Crippen molar-refractivity contribution in [1.29, 1.82) is 0 Å². The number of fused-ring (bicyclic) bond motifs is 1. The molecule has 0 spiro atoms. The van der Waals surface area contributed by atoms with Crippen LogP contribution in [0.5, 0.6) is 11.5 Å². The average Bonchev–Trinajstić information content (AvgIpc) is 2.49. The summed E-state index contributed by atoms with van der Waals surface area (Å²) in [6, 6.07) is 9.34. The van der Waals surface area contributed by atoms with E-state index in [0.717, 1.165) is 0 Å². The molecule has 0 atom stereocenters. The SMILES string of the molecule is Cc1cc[n+](CC(=O)Nc2ccc3c(c2)OCCO3)cc1. The smallest absolute Gasteiger partial charge is 0.290 e. The molecule has 0 aliphatic carbocycles. The van der Waals surface area contributed by atoms with Crippen LogP contribution in [0.1, 0.15) is 5.56 Å². The van der Waals surface area contributed by atoms with Crippen molar-refractivity contribution in [3.63, 3.8) is 0 Å². The van der Waals surface area contributed by atoms with Gasteiger partial charge in [0.05, 0.1) is 0 Å². The quantitative estimate of drug-likeness (QED) is 0.873. The molecule has 0 saturated carbocycles. The zero-order chi connectivity index (χ0) is 14.7. The Labute approximate surface area is 123 Å². The molecule has 1 aliphatic heterocycles. The molecule has 21 heavy (non-hydrogen) atoms. The molecule has 3 rings (SSSR count). The van der Waals surface area contributed by atoms with Gasteiger partial charge in [0, 0.05) is 23.9 Å². The van der Waals surface area contributed by atoms with Gasteiger partial charge in [-0.25, -0.2) is 0 Å². The molecule has 0 saturated heterocycles. The number of ether oxygens (including phenoxy) is 2. The maximum atomic E-state index is 12.0. The number of hydrogen-bond donors (Lipinski definition) is 1. The maximum Gasteiger partial charge on any atom is 0.290 e. The Morgan fingerprint density at radius 3 is 2.62 bits per heavy atom. The molecule has 0 unspecified atom stereocenters. The van der Waals surface area contributed by atoms with Gasteiger partial charge < -0.3 is 14.8 Å². The van der Waals surface area contributed by atoms with Gasteiger partial charge in [0.15, 0.2) is 23.9 Å². The van der Waals surface area contributed by atoms with Gasteiger partial charge in [-0.15, -0.1) is 0 Å². The number of hydrogen-bond acceptors (Lipinski definition) is 3. The summed E-state index contributed by atoms with van der Waals surface area (Å²) in [6.07, 6.45) is 3.78. The number of carbonyl (C=O) groups is 1. The molecule has 5 nitrogen and oxygen atoms in total. The highest BCUT2D eigenvalue weighted by Gasteiger charge is 2.14. The van der Waals surface area contributed by atoms with Crippen molar-refractivity contribution < 1.29 is 18.8 Å². The molecule has 0 radical (unpaired) electrons.